The van der Waals surface area contributed by atoms with E-state index >= 15 is 0 Å². The van der Waals surface area contributed by atoms with Crippen molar-refractivity contribution in [2.24, 2.45) is 0 Å². The second-order valence-corrected chi connectivity index (χ2v) is 8.20. The van der Waals surface area contributed by atoms with Gasteiger partial charge in [0.1, 0.15) is 13.2 Å². The van der Waals surface area contributed by atoms with E-state index in [2.05, 4.69) is 20.4 Å². The molecule has 4 aromatic rings. The number of nitrogens with zero attached hydrogens (tertiary/aromatic N) is 3. The zero-order valence-corrected chi connectivity index (χ0v) is 17.4. The van der Waals surface area contributed by atoms with Gasteiger partial charge in [-0.2, -0.15) is 0 Å². The SMILES string of the molecule is Cc1cc(C(=O)Nc2nc(-c3ccc4c(c3)OCCO4)c(C)s2)c2c(C)noc2n1. The number of aromatic nitrogens is 3. The maximum absolute atomic E-state index is 13.0. The van der Waals surface area contributed by atoms with Crippen molar-refractivity contribution in [2.75, 3.05) is 18.5 Å². The topological polar surface area (TPSA) is 99.4 Å². The highest BCUT2D eigenvalue weighted by molar-refractivity contribution is 7.16. The van der Waals surface area contributed by atoms with Crippen LogP contribution in [0.3, 0.4) is 0 Å². The molecule has 1 aliphatic heterocycles. The molecule has 0 atom stereocenters. The van der Waals surface area contributed by atoms with Crippen LogP contribution < -0.4 is 14.8 Å². The molecule has 0 fully saturated rings. The summed E-state index contributed by atoms with van der Waals surface area (Å²) in [7, 11) is 0. The summed E-state index contributed by atoms with van der Waals surface area (Å²) < 4.78 is 16.5. The standard InChI is InChI=1S/C21H18N4O4S/c1-10-8-14(17-11(2)25-29-20(17)22-10)19(26)24-21-23-18(12(3)30-21)13-4-5-15-16(9-13)28-7-6-27-15/h4-5,8-9H,6-7H2,1-3H3,(H,23,24,26). The molecule has 1 amide bonds. The number of benzene rings is 1. The number of rotatable bonds is 3. The minimum Gasteiger partial charge on any atom is -0.486 e. The molecular formula is C21H18N4O4S. The summed E-state index contributed by atoms with van der Waals surface area (Å²) in [6.07, 6.45) is 0. The second kappa shape index (κ2) is 7.10. The minimum atomic E-state index is -0.278. The van der Waals surface area contributed by atoms with Crippen LogP contribution in [-0.2, 0) is 0 Å². The third-order valence-corrected chi connectivity index (χ3v) is 5.71. The Hall–Kier alpha value is -3.46. The molecule has 0 radical (unpaired) electrons. The molecule has 4 heterocycles. The van der Waals surface area contributed by atoms with Gasteiger partial charge < -0.3 is 14.0 Å². The number of carbonyl (C=O) groups excluding carboxylic acids is 1. The monoisotopic (exact) mass is 422 g/mol. The van der Waals surface area contributed by atoms with Crippen molar-refractivity contribution in [1.82, 2.24) is 15.1 Å². The smallest absolute Gasteiger partial charge is 0.258 e. The van der Waals surface area contributed by atoms with Crippen LogP contribution in [0.1, 0.15) is 26.6 Å². The fourth-order valence-corrected chi connectivity index (χ4v) is 4.30. The van der Waals surface area contributed by atoms with Crippen molar-refractivity contribution >= 4 is 33.5 Å². The van der Waals surface area contributed by atoms with E-state index in [1.807, 2.05) is 32.0 Å². The van der Waals surface area contributed by atoms with E-state index in [-0.39, 0.29) is 5.91 Å². The lowest BCUT2D eigenvalue weighted by atomic mass is 10.1. The summed E-state index contributed by atoms with van der Waals surface area (Å²) in [4.78, 5) is 22.9. The van der Waals surface area contributed by atoms with E-state index in [0.29, 0.717) is 52.1 Å². The number of nitrogens with one attached hydrogen (secondary N) is 1. The third-order valence-electron chi connectivity index (χ3n) is 4.82. The van der Waals surface area contributed by atoms with Gasteiger partial charge in [0.05, 0.1) is 22.3 Å². The van der Waals surface area contributed by atoms with Crippen molar-refractivity contribution in [2.45, 2.75) is 20.8 Å². The number of carbonyl (C=O) groups is 1. The van der Waals surface area contributed by atoms with Crippen molar-refractivity contribution in [3.63, 3.8) is 0 Å². The van der Waals surface area contributed by atoms with E-state index in [1.54, 1.807) is 13.0 Å². The molecule has 152 valence electrons. The van der Waals surface area contributed by atoms with E-state index in [9.17, 15) is 4.79 Å². The van der Waals surface area contributed by atoms with Gasteiger partial charge in [0.15, 0.2) is 16.6 Å². The number of hydrogen-bond donors (Lipinski definition) is 1. The molecular weight excluding hydrogens is 404 g/mol. The number of aryl methyl sites for hydroxylation is 3. The Morgan fingerprint density at radius 1 is 1.07 bits per heavy atom. The zero-order chi connectivity index (χ0) is 20.8. The largest absolute Gasteiger partial charge is 0.486 e. The summed E-state index contributed by atoms with van der Waals surface area (Å²) in [6.45, 7) is 6.63. The number of pyridine rings is 1. The molecule has 3 aromatic heterocycles. The quantitative estimate of drug-likeness (QED) is 0.526. The van der Waals surface area contributed by atoms with Gasteiger partial charge in [-0.3, -0.25) is 10.1 Å². The average molecular weight is 422 g/mol. The highest BCUT2D eigenvalue weighted by Gasteiger charge is 2.20. The molecule has 0 bridgehead atoms. The lowest BCUT2D eigenvalue weighted by Crippen LogP contribution is -2.15. The predicted octanol–water partition coefficient (Wildman–Crippen LogP) is 4.30. The van der Waals surface area contributed by atoms with Gasteiger partial charge in [-0.05, 0) is 45.0 Å². The van der Waals surface area contributed by atoms with Crippen LogP contribution in [0, 0.1) is 20.8 Å². The van der Waals surface area contributed by atoms with Gasteiger partial charge in [-0.25, -0.2) is 9.97 Å². The number of thiazole rings is 1. The van der Waals surface area contributed by atoms with Crippen LogP contribution in [0.15, 0.2) is 28.8 Å². The van der Waals surface area contributed by atoms with Crippen LogP contribution in [0.25, 0.3) is 22.4 Å². The summed E-state index contributed by atoms with van der Waals surface area (Å²) in [5.41, 5.74) is 3.82. The molecule has 5 rings (SSSR count). The minimum absolute atomic E-state index is 0.278. The van der Waals surface area contributed by atoms with Crippen LogP contribution >= 0.6 is 11.3 Å². The van der Waals surface area contributed by atoms with Crippen LogP contribution in [0.4, 0.5) is 5.13 Å². The number of hydrogen-bond acceptors (Lipinski definition) is 8. The molecule has 0 unspecified atom stereocenters. The highest BCUT2D eigenvalue weighted by atomic mass is 32.1. The zero-order valence-electron chi connectivity index (χ0n) is 16.6. The molecule has 1 N–H and O–H groups in total. The van der Waals surface area contributed by atoms with Crippen LogP contribution in [0.2, 0.25) is 0 Å². The molecule has 1 aliphatic rings. The van der Waals surface area contributed by atoms with Crippen molar-refractivity contribution in [1.29, 1.82) is 0 Å². The van der Waals surface area contributed by atoms with Gasteiger partial charge in [0.2, 0.25) is 0 Å². The Balaban J connectivity index is 1.46. The Kier molecular flexibility index (Phi) is 4.39. The first kappa shape index (κ1) is 18.6. The normalized spacial score (nSPS) is 12.9. The molecule has 1 aromatic carbocycles. The molecule has 9 heteroatoms. The van der Waals surface area contributed by atoms with Gasteiger partial charge in [0.25, 0.3) is 11.6 Å². The second-order valence-electron chi connectivity index (χ2n) is 7.00. The van der Waals surface area contributed by atoms with E-state index in [0.717, 1.165) is 21.9 Å². The van der Waals surface area contributed by atoms with Gasteiger partial charge in [0, 0.05) is 16.1 Å². The van der Waals surface area contributed by atoms with Crippen molar-refractivity contribution in [3.05, 3.63) is 46.1 Å². The van der Waals surface area contributed by atoms with Crippen LogP contribution in [-0.4, -0.2) is 34.2 Å². The molecule has 8 nitrogen and oxygen atoms in total. The Bertz CT molecular complexity index is 1290. The predicted molar refractivity (Wildman–Crippen MR) is 113 cm³/mol. The summed E-state index contributed by atoms with van der Waals surface area (Å²) in [5.74, 6) is 1.15. The van der Waals surface area contributed by atoms with Crippen LogP contribution in [0.5, 0.6) is 11.5 Å². The van der Waals surface area contributed by atoms with E-state index in [1.165, 1.54) is 11.3 Å². The first-order valence-electron chi connectivity index (χ1n) is 9.42. The highest BCUT2D eigenvalue weighted by Crippen LogP contribution is 2.37. The summed E-state index contributed by atoms with van der Waals surface area (Å²) in [5, 5.41) is 7.95. The Morgan fingerprint density at radius 2 is 1.87 bits per heavy atom. The van der Waals surface area contributed by atoms with Crippen molar-refractivity contribution in [3.8, 4) is 22.8 Å². The summed E-state index contributed by atoms with van der Waals surface area (Å²) in [6, 6.07) is 7.46. The van der Waals surface area contributed by atoms with Crippen molar-refractivity contribution < 1.29 is 18.8 Å². The molecule has 0 aliphatic carbocycles. The first-order chi connectivity index (χ1) is 14.5. The maximum Gasteiger partial charge on any atom is 0.258 e. The molecule has 0 spiro atoms. The Morgan fingerprint density at radius 3 is 2.70 bits per heavy atom. The lowest BCUT2D eigenvalue weighted by molar-refractivity contribution is 0.102. The van der Waals surface area contributed by atoms with Gasteiger partial charge in [-0.1, -0.05) is 5.16 Å². The lowest BCUT2D eigenvalue weighted by Gasteiger charge is -2.18. The average Bonchev–Trinajstić information content (AvgIpc) is 3.29. The van der Waals surface area contributed by atoms with Gasteiger partial charge >= 0.3 is 0 Å². The summed E-state index contributed by atoms with van der Waals surface area (Å²) >= 11 is 1.42. The number of ether oxygens (including phenoxy) is 2. The molecule has 0 saturated carbocycles. The number of amides is 1. The van der Waals surface area contributed by atoms with E-state index in [4.69, 9.17) is 14.0 Å². The molecule has 0 saturated heterocycles. The fourth-order valence-electron chi connectivity index (χ4n) is 3.47. The Labute approximate surface area is 175 Å². The van der Waals surface area contributed by atoms with Gasteiger partial charge in [-0.15, -0.1) is 11.3 Å². The maximum atomic E-state index is 13.0. The van der Waals surface area contributed by atoms with E-state index < -0.39 is 0 Å². The fraction of sp³-hybridized carbons (Fsp3) is 0.238. The molecule has 30 heavy (non-hydrogen) atoms. The number of fused-ring (bicyclic) bond motifs is 2. The first-order valence-corrected chi connectivity index (χ1v) is 10.2. The number of anilines is 1. The third kappa shape index (κ3) is 3.17.